The molecule has 0 radical (unpaired) electrons. The van der Waals surface area contributed by atoms with Gasteiger partial charge in [-0.1, -0.05) is 20.8 Å². The summed E-state index contributed by atoms with van der Waals surface area (Å²) in [7, 11) is 1.68. The van der Waals surface area contributed by atoms with Crippen molar-refractivity contribution in [1.82, 2.24) is 9.78 Å². The van der Waals surface area contributed by atoms with E-state index in [2.05, 4.69) is 10.4 Å². The normalized spacial score (nSPS) is 11.2. The van der Waals surface area contributed by atoms with Crippen LogP contribution in [0.5, 0.6) is 0 Å². The number of carbonyl (C=O) groups is 2. The zero-order valence-electron chi connectivity index (χ0n) is 12.1. The van der Waals surface area contributed by atoms with E-state index in [1.165, 1.54) is 10.9 Å². The van der Waals surface area contributed by atoms with E-state index in [0.717, 1.165) is 0 Å². The topological polar surface area (TPSA) is 73.2 Å². The Hall–Kier alpha value is -1.85. The fourth-order valence-electron chi connectivity index (χ4n) is 1.60. The van der Waals surface area contributed by atoms with Crippen LogP contribution in [0.25, 0.3) is 0 Å². The Bertz CT molecular complexity index is 472. The summed E-state index contributed by atoms with van der Waals surface area (Å²) in [5.74, 6) is -0.409. The lowest BCUT2D eigenvalue weighted by Gasteiger charge is -2.16. The second-order valence-electron chi connectivity index (χ2n) is 5.57. The monoisotopic (exact) mass is 267 g/mol. The van der Waals surface area contributed by atoms with Crippen molar-refractivity contribution in [3.63, 3.8) is 0 Å². The van der Waals surface area contributed by atoms with Gasteiger partial charge >= 0.3 is 5.97 Å². The summed E-state index contributed by atoms with van der Waals surface area (Å²) >= 11 is 0. The number of aromatic nitrogens is 2. The highest BCUT2D eigenvalue weighted by molar-refractivity contribution is 6.00. The first-order chi connectivity index (χ1) is 8.73. The van der Waals surface area contributed by atoms with Gasteiger partial charge in [-0.15, -0.1) is 0 Å². The summed E-state index contributed by atoms with van der Waals surface area (Å²) in [6.07, 6.45) is 1.89. The van der Waals surface area contributed by atoms with E-state index in [4.69, 9.17) is 4.74 Å². The van der Waals surface area contributed by atoms with Crippen molar-refractivity contribution in [1.29, 1.82) is 0 Å². The number of anilines is 1. The number of esters is 1. The van der Waals surface area contributed by atoms with Crippen LogP contribution < -0.4 is 5.32 Å². The number of carbonyl (C=O) groups excluding carboxylic acids is 2. The number of amides is 1. The molecule has 6 nitrogen and oxygen atoms in total. The summed E-state index contributed by atoms with van der Waals surface area (Å²) in [5.41, 5.74) is 0.148. The Labute approximate surface area is 113 Å². The van der Waals surface area contributed by atoms with Gasteiger partial charge in [0.05, 0.1) is 6.61 Å². The van der Waals surface area contributed by atoms with Gasteiger partial charge in [-0.2, -0.15) is 5.10 Å². The third-order valence-corrected chi connectivity index (χ3v) is 2.27. The minimum atomic E-state index is -0.485. The molecule has 1 aromatic heterocycles. The molecule has 0 unspecified atom stereocenters. The highest BCUT2D eigenvalue weighted by Crippen LogP contribution is 2.20. The van der Waals surface area contributed by atoms with Crippen LogP contribution in [-0.2, 0) is 16.6 Å². The Morgan fingerprint density at radius 2 is 2.05 bits per heavy atom. The Kier molecular flexibility index (Phi) is 4.69. The molecule has 1 heterocycles. The summed E-state index contributed by atoms with van der Waals surface area (Å²) in [5, 5.41) is 6.72. The molecule has 0 saturated heterocycles. The van der Waals surface area contributed by atoms with Crippen LogP contribution in [-0.4, -0.2) is 28.3 Å². The molecular weight excluding hydrogens is 246 g/mol. The number of ether oxygens (including phenoxy) is 1. The molecular formula is C13H21N3O3. The number of nitrogens with zero attached hydrogens (tertiary/aromatic N) is 2. The van der Waals surface area contributed by atoms with Crippen molar-refractivity contribution in [3.8, 4) is 0 Å². The van der Waals surface area contributed by atoms with Crippen LogP contribution in [0.1, 0.15) is 44.5 Å². The lowest BCUT2D eigenvalue weighted by Crippen LogP contribution is -2.21. The van der Waals surface area contributed by atoms with Crippen LogP contribution >= 0.6 is 0 Å². The molecule has 0 aromatic carbocycles. The first-order valence-corrected chi connectivity index (χ1v) is 6.23. The predicted octanol–water partition coefficient (Wildman–Crippen LogP) is 1.97. The molecule has 0 fully saturated rings. The zero-order valence-corrected chi connectivity index (χ0v) is 12.1. The summed E-state index contributed by atoms with van der Waals surface area (Å²) < 4.78 is 6.39. The summed E-state index contributed by atoms with van der Waals surface area (Å²) in [4.78, 5) is 23.6. The van der Waals surface area contributed by atoms with Gasteiger partial charge in [-0.05, 0) is 12.3 Å². The van der Waals surface area contributed by atoms with Crippen molar-refractivity contribution in [2.24, 2.45) is 12.5 Å². The van der Waals surface area contributed by atoms with E-state index in [-0.39, 0.29) is 29.3 Å². The number of nitrogens with one attached hydrogen (secondary N) is 1. The lowest BCUT2D eigenvalue weighted by molar-refractivity contribution is -0.117. The maximum Gasteiger partial charge on any atom is 0.343 e. The predicted molar refractivity (Wildman–Crippen MR) is 71.9 cm³/mol. The minimum Gasteiger partial charge on any atom is -0.462 e. The summed E-state index contributed by atoms with van der Waals surface area (Å²) in [6.45, 7) is 7.92. The Balaban J connectivity index is 2.83. The first kappa shape index (κ1) is 15.2. The summed E-state index contributed by atoms with van der Waals surface area (Å²) in [6, 6.07) is 0. The fraction of sp³-hybridized carbons (Fsp3) is 0.615. The average molecular weight is 267 g/mol. The van der Waals surface area contributed by atoms with Gasteiger partial charge in [0.15, 0.2) is 5.82 Å². The van der Waals surface area contributed by atoms with Gasteiger partial charge in [-0.25, -0.2) is 4.79 Å². The molecule has 1 aromatic rings. The average Bonchev–Trinajstić information content (AvgIpc) is 2.56. The molecule has 19 heavy (non-hydrogen) atoms. The molecule has 1 amide bonds. The van der Waals surface area contributed by atoms with Crippen molar-refractivity contribution in [2.75, 3.05) is 11.9 Å². The molecule has 0 spiro atoms. The third-order valence-electron chi connectivity index (χ3n) is 2.27. The zero-order chi connectivity index (χ0) is 14.6. The van der Waals surface area contributed by atoms with Crippen molar-refractivity contribution >= 4 is 17.7 Å². The largest absolute Gasteiger partial charge is 0.462 e. The van der Waals surface area contributed by atoms with Gasteiger partial charge in [-0.3, -0.25) is 9.48 Å². The van der Waals surface area contributed by atoms with Gasteiger partial charge < -0.3 is 10.1 Å². The molecule has 0 aliphatic carbocycles. The minimum absolute atomic E-state index is 0.122. The molecule has 6 heteroatoms. The second-order valence-corrected chi connectivity index (χ2v) is 5.57. The van der Waals surface area contributed by atoms with E-state index in [9.17, 15) is 9.59 Å². The standard InChI is InChI=1S/C13H21N3O3/c1-6-19-12(18)9-8-16(5)15-11(9)14-10(17)7-13(2,3)4/h8H,6-7H2,1-5H3,(H,14,15,17). The quantitative estimate of drug-likeness (QED) is 0.846. The molecule has 0 saturated carbocycles. The van der Waals surface area contributed by atoms with Gasteiger partial charge in [0.1, 0.15) is 5.56 Å². The van der Waals surface area contributed by atoms with Gasteiger partial charge in [0.2, 0.25) is 5.91 Å². The van der Waals surface area contributed by atoms with Crippen LogP contribution in [0.4, 0.5) is 5.82 Å². The van der Waals surface area contributed by atoms with E-state index in [1.807, 2.05) is 20.8 Å². The Morgan fingerprint density at radius 3 is 2.58 bits per heavy atom. The molecule has 0 bridgehead atoms. The molecule has 106 valence electrons. The van der Waals surface area contributed by atoms with Crippen molar-refractivity contribution in [2.45, 2.75) is 34.1 Å². The van der Waals surface area contributed by atoms with E-state index in [0.29, 0.717) is 6.42 Å². The van der Waals surface area contributed by atoms with E-state index < -0.39 is 5.97 Å². The van der Waals surface area contributed by atoms with Crippen LogP contribution in [0.15, 0.2) is 6.20 Å². The van der Waals surface area contributed by atoms with Crippen molar-refractivity contribution in [3.05, 3.63) is 11.8 Å². The SMILES string of the molecule is CCOC(=O)c1cn(C)nc1NC(=O)CC(C)(C)C. The smallest absolute Gasteiger partial charge is 0.343 e. The van der Waals surface area contributed by atoms with Crippen LogP contribution in [0, 0.1) is 5.41 Å². The Morgan fingerprint density at radius 1 is 1.42 bits per heavy atom. The fourth-order valence-corrected chi connectivity index (χ4v) is 1.60. The first-order valence-electron chi connectivity index (χ1n) is 6.23. The van der Waals surface area contributed by atoms with Crippen LogP contribution in [0.2, 0.25) is 0 Å². The highest BCUT2D eigenvalue weighted by Gasteiger charge is 2.21. The molecule has 0 aliphatic rings. The van der Waals surface area contributed by atoms with Gasteiger partial charge in [0, 0.05) is 19.7 Å². The molecule has 0 atom stereocenters. The third kappa shape index (κ3) is 4.73. The molecule has 1 rings (SSSR count). The number of hydrogen-bond donors (Lipinski definition) is 1. The maximum absolute atomic E-state index is 11.9. The highest BCUT2D eigenvalue weighted by atomic mass is 16.5. The number of aryl methyl sites for hydroxylation is 1. The number of hydrogen-bond acceptors (Lipinski definition) is 4. The van der Waals surface area contributed by atoms with Gasteiger partial charge in [0.25, 0.3) is 0 Å². The number of rotatable bonds is 4. The molecule has 1 N–H and O–H groups in total. The van der Waals surface area contributed by atoms with Crippen molar-refractivity contribution < 1.29 is 14.3 Å². The van der Waals surface area contributed by atoms with E-state index >= 15 is 0 Å². The maximum atomic E-state index is 11.9. The lowest BCUT2D eigenvalue weighted by atomic mass is 9.92. The molecule has 0 aliphatic heterocycles. The van der Waals surface area contributed by atoms with E-state index in [1.54, 1.807) is 14.0 Å². The second kappa shape index (κ2) is 5.86. The van der Waals surface area contributed by atoms with Crippen LogP contribution in [0.3, 0.4) is 0 Å².